The number of carbonyl (C=O) groups is 1. The van der Waals surface area contributed by atoms with Gasteiger partial charge in [-0.1, -0.05) is 44.9 Å². The maximum absolute atomic E-state index is 12.2. The van der Waals surface area contributed by atoms with Crippen molar-refractivity contribution in [3.63, 3.8) is 0 Å². The van der Waals surface area contributed by atoms with Crippen molar-refractivity contribution < 1.29 is 4.79 Å². The van der Waals surface area contributed by atoms with Gasteiger partial charge in [-0.05, 0) is 25.7 Å². The number of hydrogen-bond donors (Lipinski definition) is 1. The van der Waals surface area contributed by atoms with Crippen molar-refractivity contribution in [1.82, 2.24) is 5.32 Å². The second kappa shape index (κ2) is 6.22. The molecule has 0 atom stereocenters. The maximum Gasteiger partial charge on any atom is 0.224 e. The molecule has 0 aromatic carbocycles. The number of rotatable bonds is 2. The lowest BCUT2D eigenvalue weighted by Gasteiger charge is -2.30. The van der Waals surface area contributed by atoms with Crippen LogP contribution in [0.5, 0.6) is 0 Å². The van der Waals surface area contributed by atoms with E-state index in [0.717, 1.165) is 51.4 Å². The van der Waals surface area contributed by atoms with Crippen molar-refractivity contribution in [3.8, 4) is 6.07 Å². The zero-order chi connectivity index (χ0) is 12.8. The Labute approximate surface area is 110 Å². The Morgan fingerprint density at radius 3 is 2.11 bits per heavy atom. The average Bonchev–Trinajstić information content (AvgIpc) is 2.86. The molecule has 1 N–H and O–H groups in total. The van der Waals surface area contributed by atoms with Crippen molar-refractivity contribution in [2.45, 2.75) is 76.2 Å². The first kappa shape index (κ1) is 13.4. The van der Waals surface area contributed by atoms with Crippen LogP contribution in [0, 0.1) is 17.2 Å². The minimum absolute atomic E-state index is 0.134. The molecule has 2 aliphatic rings. The Morgan fingerprint density at radius 2 is 1.56 bits per heavy atom. The summed E-state index contributed by atoms with van der Waals surface area (Å²) in [5, 5.41) is 12.6. The van der Waals surface area contributed by atoms with Crippen LogP contribution in [0.15, 0.2) is 0 Å². The Morgan fingerprint density at radius 1 is 1.00 bits per heavy atom. The molecule has 0 aromatic heterocycles. The molecule has 3 heteroatoms. The zero-order valence-electron chi connectivity index (χ0n) is 11.2. The molecule has 0 radical (unpaired) electrons. The van der Waals surface area contributed by atoms with E-state index < -0.39 is 5.54 Å². The van der Waals surface area contributed by atoms with E-state index in [1.54, 1.807) is 0 Å². The molecular weight excluding hydrogens is 224 g/mol. The molecular formula is C15H24N2O. The van der Waals surface area contributed by atoms with Crippen LogP contribution in [-0.4, -0.2) is 11.4 Å². The van der Waals surface area contributed by atoms with E-state index in [-0.39, 0.29) is 11.8 Å². The molecule has 100 valence electrons. The van der Waals surface area contributed by atoms with Crippen LogP contribution in [0.25, 0.3) is 0 Å². The van der Waals surface area contributed by atoms with Crippen LogP contribution in [0.4, 0.5) is 0 Å². The van der Waals surface area contributed by atoms with Gasteiger partial charge in [-0.15, -0.1) is 0 Å². The van der Waals surface area contributed by atoms with E-state index >= 15 is 0 Å². The summed E-state index contributed by atoms with van der Waals surface area (Å²) >= 11 is 0. The molecule has 2 aliphatic carbocycles. The summed E-state index contributed by atoms with van der Waals surface area (Å²) in [6.07, 6.45) is 11.8. The van der Waals surface area contributed by atoms with Gasteiger partial charge in [0, 0.05) is 5.92 Å². The van der Waals surface area contributed by atoms with Gasteiger partial charge in [-0.3, -0.25) is 4.79 Å². The molecule has 2 saturated carbocycles. The normalized spacial score (nSPS) is 24.8. The number of amides is 1. The molecule has 1 amide bonds. The highest BCUT2D eigenvalue weighted by Crippen LogP contribution is 2.29. The molecule has 3 nitrogen and oxygen atoms in total. The van der Waals surface area contributed by atoms with Crippen LogP contribution in [0.3, 0.4) is 0 Å². The number of carbonyl (C=O) groups excluding carboxylic acids is 1. The first-order valence-corrected chi connectivity index (χ1v) is 7.49. The van der Waals surface area contributed by atoms with Gasteiger partial charge >= 0.3 is 0 Å². The smallest absolute Gasteiger partial charge is 0.224 e. The Kier molecular flexibility index (Phi) is 4.63. The first-order valence-electron chi connectivity index (χ1n) is 7.49. The van der Waals surface area contributed by atoms with Crippen molar-refractivity contribution in [2.75, 3.05) is 0 Å². The lowest BCUT2D eigenvalue weighted by Crippen LogP contribution is -2.49. The summed E-state index contributed by atoms with van der Waals surface area (Å²) < 4.78 is 0. The topological polar surface area (TPSA) is 52.9 Å². The molecule has 18 heavy (non-hydrogen) atoms. The maximum atomic E-state index is 12.2. The lowest BCUT2D eigenvalue weighted by atomic mass is 9.84. The molecule has 0 saturated heterocycles. The van der Waals surface area contributed by atoms with Gasteiger partial charge in [0.2, 0.25) is 5.91 Å². The van der Waals surface area contributed by atoms with Crippen molar-refractivity contribution in [1.29, 1.82) is 5.26 Å². The molecule has 0 heterocycles. The highest BCUT2D eigenvalue weighted by atomic mass is 16.2. The van der Waals surface area contributed by atoms with E-state index in [1.807, 2.05) is 0 Å². The van der Waals surface area contributed by atoms with Crippen LogP contribution in [-0.2, 0) is 4.79 Å². The van der Waals surface area contributed by atoms with Gasteiger partial charge < -0.3 is 5.32 Å². The summed E-state index contributed by atoms with van der Waals surface area (Å²) in [6.45, 7) is 0. The molecule has 0 spiro atoms. The summed E-state index contributed by atoms with van der Waals surface area (Å²) in [4.78, 5) is 12.2. The molecule has 2 rings (SSSR count). The standard InChI is InChI=1S/C15H24N2O/c16-12-15(10-6-2-1-3-7-11-15)17-14(18)13-8-4-5-9-13/h13H,1-11H2,(H,17,18). The third-order valence-electron chi connectivity index (χ3n) is 4.51. The SMILES string of the molecule is N#CC1(NC(=O)C2CCCC2)CCCCCCC1. The second-order valence-electron chi connectivity index (χ2n) is 5.93. The largest absolute Gasteiger partial charge is 0.338 e. The van der Waals surface area contributed by atoms with Crippen molar-refractivity contribution >= 4 is 5.91 Å². The molecule has 0 aliphatic heterocycles. The van der Waals surface area contributed by atoms with Crippen molar-refractivity contribution in [2.24, 2.45) is 5.92 Å². The van der Waals surface area contributed by atoms with Gasteiger partial charge in [0.25, 0.3) is 0 Å². The van der Waals surface area contributed by atoms with E-state index in [4.69, 9.17) is 0 Å². The lowest BCUT2D eigenvalue weighted by molar-refractivity contribution is -0.126. The molecule has 0 aromatic rings. The Hall–Kier alpha value is -1.04. The van der Waals surface area contributed by atoms with E-state index in [9.17, 15) is 10.1 Å². The third kappa shape index (κ3) is 3.25. The molecule has 0 bridgehead atoms. The zero-order valence-corrected chi connectivity index (χ0v) is 11.2. The monoisotopic (exact) mass is 248 g/mol. The summed E-state index contributed by atoms with van der Waals surface area (Å²) in [5.41, 5.74) is -0.569. The molecule has 2 fully saturated rings. The first-order chi connectivity index (χ1) is 8.76. The van der Waals surface area contributed by atoms with Gasteiger partial charge in [0.05, 0.1) is 6.07 Å². The molecule has 0 unspecified atom stereocenters. The van der Waals surface area contributed by atoms with Gasteiger partial charge in [0.15, 0.2) is 0 Å². The van der Waals surface area contributed by atoms with Crippen molar-refractivity contribution in [3.05, 3.63) is 0 Å². The Bertz CT molecular complexity index is 318. The van der Waals surface area contributed by atoms with Crippen LogP contribution in [0.2, 0.25) is 0 Å². The predicted molar refractivity (Wildman–Crippen MR) is 70.8 cm³/mol. The average molecular weight is 248 g/mol. The summed E-state index contributed by atoms with van der Waals surface area (Å²) in [6, 6.07) is 2.41. The minimum atomic E-state index is -0.569. The van der Waals surface area contributed by atoms with E-state index in [0.29, 0.717) is 0 Å². The van der Waals surface area contributed by atoms with Gasteiger partial charge in [-0.2, -0.15) is 5.26 Å². The summed E-state index contributed by atoms with van der Waals surface area (Å²) in [7, 11) is 0. The van der Waals surface area contributed by atoms with Crippen LogP contribution in [0.1, 0.15) is 70.6 Å². The number of nitriles is 1. The fraction of sp³-hybridized carbons (Fsp3) is 0.867. The number of nitrogens with one attached hydrogen (secondary N) is 1. The van der Waals surface area contributed by atoms with Crippen LogP contribution >= 0.6 is 0 Å². The van der Waals surface area contributed by atoms with Gasteiger partial charge in [-0.25, -0.2) is 0 Å². The highest BCUT2D eigenvalue weighted by Gasteiger charge is 2.34. The fourth-order valence-corrected chi connectivity index (χ4v) is 3.30. The number of hydrogen-bond acceptors (Lipinski definition) is 2. The Balaban J connectivity index is 1.97. The second-order valence-corrected chi connectivity index (χ2v) is 5.93. The van der Waals surface area contributed by atoms with E-state index in [2.05, 4.69) is 11.4 Å². The van der Waals surface area contributed by atoms with Gasteiger partial charge in [0.1, 0.15) is 5.54 Å². The summed E-state index contributed by atoms with van der Waals surface area (Å²) in [5.74, 6) is 0.301. The predicted octanol–water partition coefficient (Wildman–Crippen LogP) is 3.30. The number of nitrogens with zero attached hydrogens (tertiary/aromatic N) is 1. The van der Waals surface area contributed by atoms with E-state index in [1.165, 1.54) is 19.3 Å². The third-order valence-corrected chi connectivity index (χ3v) is 4.51. The minimum Gasteiger partial charge on any atom is -0.338 e. The van der Waals surface area contributed by atoms with Crippen LogP contribution < -0.4 is 5.32 Å². The fourth-order valence-electron chi connectivity index (χ4n) is 3.30. The highest BCUT2D eigenvalue weighted by molar-refractivity contribution is 5.80. The quantitative estimate of drug-likeness (QED) is 0.815.